The zero-order chi connectivity index (χ0) is 13.2. The molecule has 1 aromatic heterocycles. The van der Waals surface area contributed by atoms with Gasteiger partial charge < -0.3 is 11.2 Å². The van der Waals surface area contributed by atoms with Crippen LogP contribution in [0.15, 0.2) is 4.79 Å². The van der Waals surface area contributed by atoms with Crippen LogP contribution in [-0.4, -0.2) is 31.9 Å². The summed E-state index contributed by atoms with van der Waals surface area (Å²) < 4.78 is 1.56. The Balaban J connectivity index is 3.02. The highest BCUT2D eigenvalue weighted by molar-refractivity contribution is 6.18. The number of hydrogen-bond donors (Lipinski definition) is 2. The van der Waals surface area contributed by atoms with Crippen LogP contribution in [0.4, 0.5) is 4.79 Å². The summed E-state index contributed by atoms with van der Waals surface area (Å²) in [6.07, 6.45) is 0.463. The van der Waals surface area contributed by atoms with Gasteiger partial charge in [0.2, 0.25) is 0 Å². The lowest BCUT2D eigenvalue weighted by Crippen LogP contribution is -2.49. The summed E-state index contributed by atoms with van der Waals surface area (Å²) >= 11 is 5.68. The largest absolute Gasteiger partial charge is 0.373 e. The van der Waals surface area contributed by atoms with Crippen molar-refractivity contribution in [3.8, 4) is 0 Å². The van der Waals surface area contributed by atoms with E-state index in [-0.39, 0.29) is 5.88 Å². The van der Waals surface area contributed by atoms with E-state index in [0.717, 1.165) is 4.68 Å². The lowest BCUT2D eigenvalue weighted by molar-refractivity contribution is 0.230. The second-order valence-corrected chi connectivity index (χ2v) is 4.55. The molecule has 0 spiro atoms. The Morgan fingerprint density at radius 2 is 2.18 bits per heavy atom. The normalized spacial score (nSPS) is 11.5. The second-order valence-electron chi connectivity index (χ2n) is 4.28. The van der Waals surface area contributed by atoms with Gasteiger partial charge in [-0.15, -0.1) is 21.4 Å². The van der Waals surface area contributed by atoms with Crippen molar-refractivity contribution in [2.24, 2.45) is 0 Å². The van der Waals surface area contributed by atoms with Gasteiger partial charge in [0.25, 0.3) is 0 Å². The molecule has 3 N–H and O–H groups in total. The molecule has 0 saturated heterocycles. The number of halogens is 1. The Kier molecular flexibility index (Phi) is 3.82. The first-order chi connectivity index (χ1) is 7.82. The van der Waals surface area contributed by atoms with Gasteiger partial charge in [-0.25, -0.2) is 9.59 Å². The minimum Gasteiger partial charge on any atom is -0.333 e. The van der Waals surface area contributed by atoms with Crippen LogP contribution in [0.25, 0.3) is 0 Å². The third-order valence-corrected chi connectivity index (χ3v) is 2.84. The fourth-order valence-electron chi connectivity index (χ4n) is 1.17. The van der Waals surface area contributed by atoms with Crippen LogP contribution in [-0.2, 0) is 6.42 Å². The highest BCUT2D eigenvalue weighted by Crippen LogP contribution is 2.04. The van der Waals surface area contributed by atoms with E-state index in [4.69, 9.17) is 17.4 Å². The first kappa shape index (κ1) is 13.6. The van der Waals surface area contributed by atoms with E-state index >= 15 is 0 Å². The van der Waals surface area contributed by atoms with E-state index in [1.54, 1.807) is 20.8 Å². The number of nitrogens with two attached hydrogens (primary N) is 1. The molecule has 1 amide bonds. The molecule has 0 saturated carbocycles. The molecular formula is C9H16ClN5O2. The highest BCUT2D eigenvalue weighted by Gasteiger charge is 2.23. The number of nitrogens with zero attached hydrogens (tertiary/aromatic N) is 3. The van der Waals surface area contributed by atoms with Crippen LogP contribution in [0, 0.1) is 0 Å². The summed E-state index contributed by atoms with van der Waals surface area (Å²) in [5.41, 5.74) is -1.30. The maximum absolute atomic E-state index is 11.8. The van der Waals surface area contributed by atoms with Gasteiger partial charge in [-0.2, -0.15) is 4.68 Å². The molecule has 17 heavy (non-hydrogen) atoms. The third-order valence-electron chi connectivity index (χ3n) is 2.17. The molecule has 8 heteroatoms. The van der Waals surface area contributed by atoms with E-state index in [0.29, 0.717) is 16.9 Å². The maximum atomic E-state index is 11.8. The zero-order valence-corrected chi connectivity index (χ0v) is 10.8. The summed E-state index contributed by atoms with van der Waals surface area (Å²) in [6.45, 7) is 5.27. The van der Waals surface area contributed by atoms with Gasteiger partial charge in [-0.3, -0.25) is 0 Å². The van der Waals surface area contributed by atoms with Crippen molar-refractivity contribution in [2.75, 3.05) is 11.7 Å². The number of hydrogen-bond acceptors (Lipinski definition) is 4. The standard InChI is InChI=1S/C9H16ClN5O2/c1-4-6-13-15(8(17)14(6)11)7(16)12-9(2,3)5-10/h4-5,11H2,1-3H3,(H,12,16). The first-order valence-electron chi connectivity index (χ1n) is 5.17. The highest BCUT2D eigenvalue weighted by atomic mass is 35.5. The summed E-state index contributed by atoms with van der Waals surface area (Å²) in [5, 5.41) is 6.42. The minimum atomic E-state index is -0.676. The molecular weight excluding hydrogens is 246 g/mol. The molecule has 0 aliphatic heterocycles. The molecule has 0 aliphatic carbocycles. The lowest BCUT2D eigenvalue weighted by Gasteiger charge is -2.22. The topological polar surface area (TPSA) is 94.9 Å². The van der Waals surface area contributed by atoms with Gasteiger partial charge in [0, 0.05) is 17.8 Å². The number of rotatable bonds is 3. The van der Waals surface area contributed by atoms with Crippen molar-refractivity contribution in [1.29, 1.82) is 0 Å². The molecule has 0 aromatic carbocycles. The number of amides is 1. The van der Waals surface area contributed by atoms with Gasteiger partial charge >= 0.3 is 11.7 Å². The minimum absolute atomic E-state index is 0.220. The molecule has 1 aromatic rings. The van der Waals surface area contributed by atoms with Crippen molar-refractivity contribution >= 4 is 17.6 Å². The lowest BCUT2D eigenvalue weighted by atomic mass is 10.1. The number of aryl methyl sites for hydroxylation is 1. The second kappa shape index (κ2) is 4.79. The van der Waals surface area contributed by atoms with Crippen LogP contribution >= 0.6 is 11.6 Å². The van der Waals surface area contributed by atoms with Gasteiger partial charge in [0.05, 0.1) is 0 Å². The van der Waals surface area contributed by atoms with Crippen LogP contribution in [0.1, 0.15) is 26.6 Å². The van der Waals surface area contributed by atoms with Gasteiger partial charge in [0.1, 0.15) is 0 Å². The Bertz CT molecular complexity index is 476. The Morgan fingerprint density at radius 3 is 2.59 bits per heavy atom. The number of alkyl halides is 1. The van der Waals surface area contributed by atoms with Crippen LogP contribution < -0.4 is 16.8 Å². The monoisotopic (exact) mass is 261 g/mol. The van der Waals surface area contributed by atoms with E-state index in [1.165, 1.54) is 0 Å². The quantitative estimate of drug-likeness (QED) is 0.587. The molecule has 1 heterocycles. The van der Waals surface area contributed by atoms with E-state index in [9.17, 15) is 9.59 Å². The summed E-state index contributed by atoms with van der Waals surface area (Å²) in [5.74, 6) is 6.02. The average molecular weight is 262 g/mol. The molecule has 7 nitrogen and oxygen atoms in total. The van der Waals surface area contributed by atoms with Crippen molar-refractivity contribution in [1.82, 2.24) is 19.8 Å². The third kappa shape index (κ3) is 2.79. The molecule has 96 valence electrons. The summed E-state index contributed by atoms with van der Waals surface area (Å²) in [7, 11) is 0. The van der Waals surface area contributed by atoms with Gasteiger partial charge in [0.15, 0.2) is 5.82 Å². The fraction of sp³-hybridized carbons (Fsp3) is 0.667. The number of carbonyl (C=O) groups is 1. The maximum Gasteiger partial charge on any atom is 0.373 e. The SMILES string of the molecule is CCc1nn(C(=O)NC(C)(C)CCl)c(=O)n1N. The first-order valence-corrected chi connectivity index (χ1v) is 5.70. The van der Waals surface area contributed by atoms with E-state index in [1.807, 2.05) is 0 Å². The molecule has 0 unspecified atom stereocenters. The smallest absolute Gasteiger partial charge is 0.333 e. The Morgan fingerprint density at radius 1 is 1.59 bits per heavy atom. The predicted molar refractivity (Wildman–Crippen MR) is 64.7 cm³/mol. The Hall–Kier alpha value is -1.50. The number of aromatic nitrogens is 3. The van der Waals surface area contributed by atoms with Gasteiger partial charge in [-0.1, -0.05) is 6.92 Å². The number of carbonyl (C=O) groups excluding carboxylic acids is 1. The van der Waals surface area contributed by atoms with Crippen LogP contribution in [0.3, 0.4) is 0 Å². The predicted octanol–water partition coefficient (Wildman–Crippen LogP) is -0.104. The molecule has 0 aliphatic rings. The molecule has 1 rings (SSSR count). The van der Waals surface area contributed by atoms with E-state index < -0.39 is 17.3 Å². The molecule has 0 fully saturated rings. The average Bonchev–Trinajstić information content (AvgIpc) is 2.55. The van der Waals surface area contributed by atoms with Crippen molar-refractivity contribution < 1.29 is 4.79 Å². The van der Waals surface area contributed by atoms with Crippen molar-refractivity contribution in [3.63, 3.8) is 0 Å². The van der Waals surface area contributed by atoms with Gasteiger partial charge in [-0.05, 0) is 13.8 Å². The van der Waals surface area contributed by atoms with Crippen LogP contribution in [0.2, 0.25) is 0 Å². The zero-order valence-electron chi connectivity index (χ0n) is 10.0. The fourth-order valence-corrected chi connectivity index (χ4v) is 1.23. The Labute approximate surface area is 104 Å². The molecule has 0 radical (unpaired) electrons. The molecule has 0 bridgehead atoms. The summed E-state index contributed by atoms with van der Waals surface area (Å²) in [4.78, 5) is 23.4. The number of nitrogen functional groups attached to an aromatic ring is 1. The van der Waals surface area contributed by atoms with Crippen molar-refractivity contribution in [2.45, 2.75) is 32.7 Å². The van der Waals surface area contributed by atoms with Crippen LogP contribution in [0.5, 0.6) is 0 Å². The van der Waals surface area contributed by atoms with Crippen molar-refractivity contribution in [3.05, 3.63) is 16.3 Å². The summed E-state index contributed by atoms with van der Waals surface area (Å²) in [6, 6.07) is -0.639. The molecule has 0 atom stereocenters. The number of nitrogens with one attached hydrogen (secondary N) is 1. The van der Waals surface area contributed by atoms with E-state index in [2.05, 4.69) is 10.4 Å².